The first kappa shape index (κ1) is 20.8. The second-order valence-corrected chi connectivity index (χ2v) is 8.35. The van der Waals surface area contributed by atoms with E-state index in [1.165, 1.54) is 29.0 Å². The summed E-state index contributed by atoms with van der Waals surface area (Å²) in [5, 5.41) is 11.8. The Morgan fingerprint density at radius 2 is 1.67 bits per heavy atom. The fourth-order valence-corrected chi connectivity index (χ4v) is 4.03. The number of rotatable bonds is 6. The van der Waals surface area contributed by atoms with Crippen LogP contribution in [0.4, 0.5) is 9.52 Å². The number of aryl methyl sites for hydroxylation is 1. The zero-order valence-corrected chi connectivity index (χ0v) is 18.6. The van der Waals surface area contributed by atoms with E-state index in [-0.39, 0.29) is 5.82 Å². The summed E-state index contributed by atoms with van der Waals surface area (Å²) in [5.74, 6) is -0.286. The monoisotopic (exact) mass is 453 g/mol. The number of hydrazone groups is 1. The number of thiazole rings is 1. The van der Waals surface area contributed by atoms with E-state index in [0.717, 1.165) is 28.1 Å². The van der Waals surface area contributed by atoms with Crippen LogP contribution >= 0.6 is 11.3 Å². The minimum Gasteiger partial charge on any atom is -0.253 e. The molecule has 7 heteroatoms. The quantitative estimate of drug-likeness (QED) is 0.234. The van der Waals surface area contributed by atoms with Gasteiger partial charge in [0.1, 0.15) is 11.5 Å². The molecular formula is C26H20FN5S. The number of anilines is 1. The Hall–Kier alpha value is -4.10. The molecule has 0 bridgehead atoms. The largest absolute Gasteiger partial charge is 0.253 e. The van der Waals surface area contributed by atoms with Crippen molar-refractivity contribution in [3.63, 3.8) is 0 Å². The zero-order valence-electron chi connectivity index (χ0n) is 17.8. The molecule has 0 unspecified atom stereocenters. The Labute approximate surface area is 194 Å². The summed E-state index contributed by atoms with van der Waals surface area (Å²) in [6.07, 6.45) is 3.61. The van der Waals surface area contributed by atoms with E-state index in [4.69, 9.17) is 5.10 Å². The van der Waals surface area contributed by atoms with Crippen LogP contribution in [0.3, 0.4) is 0 Å². The standard InChI is InChI=1S/C26H20FN5S/c1-18-7-9-19(10-8-18)24-17-33-26(29-24)30-28-15-21-16-32(23-5-3-2-4-6-23)31-25(21)20-11-13-22(27)14-12-20/h2-17H,1H3,(H,29,30)/b28-15+. The van der Waals surface area contributed by atoms with Crippen LogP contribution in [0.25, 0.3) is 28.2 Å². The summed E-state index contributed by atoms with van der Waals surface area (Å²) in [6.45, 7) is 2.06. The van der Waals surface area contributed by atoms with Crippen LogP contribution < -0.4 is 5.43 Å². The molecule has 0 radical (unpaired) electrons. The van der Waals surface area contributed by atoms with Gasteiger partial charge in [-0.1, -0.05) is 48.0 Å². The lowest BCUT2D eigenvalue weighted by molar-refractivity contribution is 0.628. The number of halogens is 1. The van der Waals surface area contributed by atoms with Crippen LogP contribution in [-0.4, -0.2) is 21.0 Å². The molecule has 0 aliphatic heterocycles. The number of benzene rings is 3. The van der Waals surface area contributed by atoms with Crippen LogP contribution in [0.5, 0.6) is 0 Å². The van der Waals surface area contributed by atoms with Crippen LogP contribution in [0.15, 0.2) is 95.5 Å². The van der Waals surface area contributed by atoms with Crippen molar-refractivity contribution < 1.29 is 4.39 Å². The molecule has 2 heterocycles. The predicted molar refractivity (Wildman–Crippen MR) is 132 cm³/mol. The molecule has 0 aliphatic carbocycles. The molecule has 0 saturated heterocycles. The van der Waals surface area contributed by atoms with E-state index >= 15 is 0 Å². The number of nitrogens with one attached hydrogen (secondary N) is 1. The second kappa shape index (κ2) is 9.18. The highest BCUT2D eigenvalue weighted by Crippen LogP contribution is 2.26. The highest BCUT2D eigenvalue weighted by molar-refractivity contribution is 7.14. The molecule has 0 atom stereocenters. The lowest BCUT2D eigenvalue weighted by Gasteiger charge is -2.00. The van der Waals surface area contributed by atoms with E-state index < -0.39 is 0 Å². The highest BCUT2D eigenvalue weighted by Gasteiger charge is 2.11. The molecule has 33 heavy (non-hydrogen) atoms. The molecule has 3 aromatic carbocycles. The minimum absolute atomic E-state index is 0.286. The summed E-state index contributed by atoms with van der Waals surface area (Å²) in [4.78, 5) is 4.62. The number of hydrogen-bond acceptors (Lipinski definition) is 5. The molecule has 162 valence electrons. The summed E-state index contributed by atoms with van der Waals surface area (Å²) in [7, 11) is 0. The Morgan fingerprint density at radius 1 is 0.939 bits per heavy atom. The maximum atomic E-state index is 13.4. The molecular weight excluding hydrogens is 433 g/mol. The van der Waals surface area contributed by atoms with Gasteiger partial charge < -0.3 is 0 Å². The van der Waals surface area contributed by atoms with Crippen molar-refractivity contribution in [2.75, 3.05) is 5.43 Å². The molecule has 0 amide bonds. The topological polar surface area (TPSA) is 55.1 Å². The van der Waals surface area contributed by atoms with Crippen molar-refractivity contribution in [2.45, 2.75) is 6.92 Å². The van der Waals surface area contributed by atoms with Crippen molar-refractivity contribution in [1.82, 2.24) is 14.8 Å². The van der Waals surface area contributed by atoms with Gasteiger partial charge >= 0.3 is 0 Å². The number of hydrogen-bond donors (Lipinski definition) is 1. The smallest absolute Gasteiger partial charge is 0.203 e. The second-order valence-electron chi connectivity index (χ2n) is 7.49. The van der Waals surface area contributed by atoms with Crippen LogP contribution in [0.2, 0.25) is 0 Å². The van der Waals surface area contributed by atoms with Gasteiger partial charge in [0, 0.05) is 28.3 Å². The number of aromatic nitrogens is 3. The fraction of sp³-hybridized carbons (Fsp3) is 0.0385. The van der Waals surface area contributed by atoms with Crippen molar-refractivity contribution in [3.05, 3.63) is 107 Å². The Balaban J connectivity index is 1.41. The van der Waals surface area contributed by atoms with Crippen molar-refractivity contribution >= 4 is 22.7 Å². The van der Waals surface area contributed by atoms with E-state index in [0.29, 0.717) is 10.8 Å². The zero-order chi connectivity index (χ0) is 22.6. The SMILES string of the molecule is Cc1ccc(-c2csc(N/N=C/c3cn(-c4ccccc4)nc3-c3ccc(F)cc3)n2)cc1. The van der Waals surface area contributed by atoms with Gasteiger partial charge in [-0.25, -0.2) is 14.1 Å². The molecule has 0 saturated carbocycles. The Bertz CT molecular complexity index is 1390. The average molecular weight is 454 g/mol. The van der Waals surface area contributed by atoms with Crippen molar-refractivity contribution in [3.8, 4) is 28.2 Å². The van der Waals surface area contributed by atoms with Gasteiger partial charge in [0.2, 0.25) is 5.13 Å². The average Bonchev–Trinajstić information content (AvgIpc) is 3.49. The third-order valence-corrected chi connectivity index (χ3v) is 5.84. The molecule has 1 N–H and O–H groups in total. The summed E-state index contributed by atoms with van der Waals surface area (Å²) >= 11 is 1.49. The molecule has 5 nitrogen and oxygen atoms in total. The van der Waals surface area contributed by atoms with E-state index in [9.17, 15) is 4.39 Å². The molecule has 5 rings (SSSR count). The van der Waals surface area contributed by atoms with Crippen molar-refractivity contribution in [1.29, 1.82) is 0 Å². The van der Waals surface area contributed by atoms with Gasteiger partial charge in [-0.05, 0) is 43.3 Å². The maximum absolute atomic E-state index is 13.4. The number of nitrogens with zero attached hydrogens (tertiary/aromatic N) is 4. The Kier molecular flexibility index (Phi) is 5.78. The normalized spacial score (nSPS) is 11.2. The van der Waals surface area contributed by atoms with Crippen LogP contribution in [0.1, 0.15) is 11.1 Å². The third-order valence-electron chi connectivity index (χ3n) is 5.10. The van der Waals surface area contributed by atoms with E-state index in [1.54, 1.807) is 23.0 Å². The number of para-hydroxylation sites is 1. The van der Waals surface area contributed by atoms with Gasteiger partial charge in [-0.2, -0.15) is 10.2 Å². The molecule has 5 aromatic rings. The summed E-state index contributed by atoms with van der Waals surface area (Å²) < 4.78 is 15.2. The van der Waals surface area contributed by atoms with Crippen LogP contribution in [0, 0.1) is 12.7 Å². The lowest BCUT2D eigenvalue weighted by Crippen LogP contribution is -1.94. The van der Waals surface area contributed by atoms with E-state index in [2.05, 4.69) is 46.7 Å². The van der Waals surface area contributed by atoms with Gasteiger partial charge in [0.25, 0.3) is 0 Å². The lowest BCUT2D eigenvalue weighted by atomic mass is 10.1. The first-order chi connectivity index (χ1) is 16.2. The molecule has 0 fully saturated rings. The summed E-state index contributed by atoms with van der Waals surface area (Å²) in [5.41, 5.74) is 9.44. The van der Waals surface area contributed by atoms with Gasteiger partial charge in [0.05, 0.1) is 17.6 Å². The van der Waals surface area contributed by atoms with Crippen molar-refractivity contribution in [2.24, 2.45) is 5.10 Å². The first-order valence-electron chi connectivity index (χ1n) is 10.4. The van der Waals surface area contributed by atoms with Gasteiger partial charge in [0.15, 0.2) is 0 Å². The third kappa shape index (κ3) is 4.73. The van der Waals surface area contributed by atoms with E-state index in [1.807, 2.05) is 41.9 Å². The summed E-state index contributed by atoms with van der Waals surface area (Å²) in [6, 6.07) is 24.4. The Morgan fingerprint density at radius 3 is 2.42 bits per heavy atom. The highest BCUT2D eigenvalue weighted by atomic mass is 32.1. The molecule has 2 aromatic heterocycles. The first-order valence-corrected chi connectivity index (χ1v) is 11.3. The fourth-order valence-electron chi connectivity index (χ4n) is 3.37. The minimum atomic E-state index is -0.286. The molecule has 0 aliphatic rings. The van der Waals surface area contributed by atoms with Gasteiger partial charge in [-0.15, -0.1) is 11.3 Å². The maximum Gasteiger partial charge on any atom is 0.203 e. The predicted octanol–water partition coefficient (Wildman–Crippen LogP) is 6.56. The van der Waals surface area contributed by atoms with Gasteiger partial charge in [-0.3, -0.25) is 5.43 Å². The van der Waals surface area contributed by atoms with Crippen LogP contribution in [-0.2, 0) is 0 Å². The molecule has 0 spiro atoms.